The lowest BCUT2D eigenvalue weighted by Gasteiger charge is -2.37. The predicted octanol–water partition coefficient (Wildman–Crippen LogP) is 3.56. The number of piperazine rings is 1. The number of nitrogens with zero attached hydrogens (tertiary/aromatic N) is 3. The SMILES string of the molecule is C=C(OC)/C(=C\CC)N1CCN(CCC(=O)c2cc3c4c(c2)CCC(=O)N4CCC3)CC1. The van der Waals surface area contributed by atoms with Gasteiger partial charge in [-0.25, -0.2) is 0 Å². The predicted molar refractivity (Wildman–Crippen MR) is 127 cm³/mol. The zero-order valence-corrected chi connectivity index (χ0v) is 19.5. The van der Waals surface area contributed by atoms with E-state index >= 15 is 0 Å². The Morgan fingerprint density at radius 1 is 1.09 bits per heavy atom. The molecule has 0 radical (unpaired) electrons. The van der Waals surface area contributed by atoms with Gasteiger partial charge in [0.15, 0.2) is 5.78 Å². The molecule has 3 aliphatic rings. The van der Waals surface area contributed by atoms with Gasteiger partial charge in [0, 0.05) is 57.7 Å². The summed E-state index contributed by atoms with van der Waals surface area (Å²) in [6.07, 6.45) is 6.88. The maximum absolute atomic E-state index is 13.0. The molecule has 0 aliphatic carbocycles. The van der Waals surface area contributed by atoms with Crippen LogP contribution in [0.5, 0.6) is 0 Å². The first-order valence-corrected chi connectivity index (χ1v) is 11.9. The van der Waals surface area contributed by atoms with Crippen molar-refractivity contribution in [3.8, 4) is 0 Å². The number of Topliss-reactive ketones (excluding diaryl/α,β-unsaturated/α-hetero) is 1. The van der Waals surface area contributed by atoms with Crippen molar-refractivity contribution in [2.24, 2.45) is 0 Å². The number of ketones is 1. The van der Waals surface area contributed by atoms with Gasteiger partial charge in [-0.05, 0) is 48.9 Å². The van der Waals surface area contributed by atoms with Crippen LogP contribution >= 0.6 is 0 Å². The van der Waals surface area contributed by atoms with Crippen LogP contribution in [0.15, 0.2) is 36.2 Å². The van der Waals surface area contributed by atoms with Crippen LogP contribution in [0.25, 0.3) is 0 Å². The average molecular weight is 438 g/mol. The third-order valence-electron chi connectivity index (χ3n) is 6.89. The maximum atomic E-state index is 13.0. The first-order valence-electron chi connectivity index (χ1n) is 11.9. The molecule has 4 rings (SSSR count). The van der Waals surface area contributed by atoms with E-state index in [0.29, 0.717) is 18.6 Å². The van der Waals surface area contributed by atoms with E-state index in [2.05, 4.69) is 29.4 Å². The second-order valence-electron chi connectivity index (χ2n) is 8.92. The number of amides is 1. The molecule has 1 fully saturated rings. The number of hydrogen-bond donors (Lipinski definition) is 0. The van der Waals surface area contributed by atoms with Crippen LogP contribution in [-0.2, 0) is 22.4 Å². The summed E-state index contributed by atoms with van der Waals surface area (Å²) in [5, 5.41) is 0. The molecular weight excluding hydrogens is 402 g/mol. The summed E-state index contributed by atoms with van der Waals surface area (Å²) in [7, 11) is 1.66. The van der Waals surface area contributed by atoms with Crippen LogP contribution in [0, 0.1) is 0 Å². The fraction of sp³-hybridized carbons (Fsp3) is 0.538. The molecule has 3 heterocycles. The molecule has 6 nitrogen and oxygen atoms in total. The average Bonchev–Trinajstić information content (AvgIpc) is 2.83. The fourth-order valence-electron chi connectivity index (χ4n) is 5.15. The summed E-state index contributed by atoms with van der Waals surface area (Å²) >= 11 is 0. The molecule has 0 unspecified atom stereocenters. The van der Waals surface area contributed by atoms with E-state index in [-0.39, 0.29) is 11.7 Å². The largest absolute Gasteiger partial charge is 0.495 e. The first kappa shape index (κ1) is 22.6. The number of anilines is 1. The molecule has 32 heavy (non-hydrogen) atoms. The number of carbonyl (C=O) groups is 2. The van der Waals surface area contributed by atoms with Crippen molar-refractivity contribution in [1.82, 2.24) is 9.80 Å². The number of hydrogen-bond acceptors (Lipinski definition) is 5. The van der Waals surface area contributed by atoms with E-state index in [1.54, 1.807) is 7.11 Å². The Kier molecular flexibility index (Phi) is 6.99. The van der Waals surface area contributed by atoms with E-state index in [0.717, 1.165) is 81.9 Å². The van der Waals surface area contributed by atoms with Gasteiger partial charge in [-0.15, -0.1) is 0 Å². The Bertz CT molecular complexity index is 911. The van der Waals surface area contributed by atoms with E-state index in [4.69, 9.17) is 4.74 Å². The highest BCUT2D eigenvalue weighted by Crippen LogP contribution is 2.36. The number of rotatable bonds is 8. The second kappa shape index (κ2) is 9.90. The molecule has 0 N–H and O–H groups in total. The van der Waals surface area contributed by atoms with E-state index in [1.165, 1.54) is 11.1 Å². The molecule has 1 amide bonds. The summed E-state index contributed by atoms with van der Waals surface area (Å²) in [6.45, 7) is 11.4. The van der Waals surface area contributed by atoms with Gasteiger partial charge in [-0.2, -0.15) is 0 Å². The van der Waals surface area contributed by atoms with Crippen molar-refractivity contribution in [3.05, 3.63) is 52.9 Å². The highest BCUT2D eigenvalue weighted by atomic mass is 16.5. The Labute approximate surface area is 191 Å². The van der Waals surface area contributed by atoms with Crippen LogP contribution in [0.3, 0.4) is 0 Å². The molecule has 1 aromatic carbocycles. The normalized spacial score (nSPS) is 19.1. The topological polar surface area (TPSA) is 53.1 Å². The minimum Gasteiger partial charge on any atom is -0.495 e. The van der Waals surface area contributed by atoms with Gasteiger partial charge in [0.05, 0.1) is 18.5 Å². The lowest BCUT2D eigenvalue weighted by atomic mass is 9.88. The smallest absolute Gasteiger partial charge is 0.227 e. The molecule has 172 valence electrons. The van der Waals surface area contributed by atoms with Gasteiger partial charge in [-0.3, -0.25) is 14.5 Å². The second-order valence-corrected chi connectivity index (χ2v) is 8.92. The van der Waals surface area contributed by atoms with Crippen LogP contribution in [0.1, 0.15) is 54.1 Å². The van der Waals surface area contributed by atoms with Crippen molar-refractivity contribution >= 4 is 17.4 Å². The van der Waals surface area contributed by atoms with E-state index in [1.807, 2.05) is 17.0 Å². The Hall–Kier alpha value is -2.60. The van der Waals surface area contributed by atoms with Gasteiger partial charge in [-0.1, -0.05) is 19.6 Å². The van der Waals surface area contributed by atoms with Crippen molar-refractivity contribution in [1.29, 1.82) is 0 Å². The third-order valence-corrected chi connectivity index (χ3v) is 6.89. The molecule has 0 spiro atoms. The minimum atomic E-state index is 0.208. The molecule has 0 aromatic heterocycles. The molecule has 1 saturated heterocycles. The third kappa shape index (κ3) is 4.60. The van der Waals surface area contributed by atoms with Crippen LogP contribution < -0.4 is 4.90 Å². The molecule has 3 aliphatic heterocycles. The molecule has 0 bridgehead atoms. The Balaban J connectivity index is 1.35. The summed E-state index contributed by atoms with van der Waals surface area (Å²) in [6, 6.07) is 4.09. The summed E-state index contributed by atoms with van der Waals surface area (Å²) < 4.78 is 5.36. The standard InChI is InChI=1S/C26H35N3O3/c1-4-6-23(19(2)32-3)28-15-13-27(14-16-28)12-10-24(30)22-17-20-7-5-11-29-25(31)9-8-21(18-22)26(20)29/h6,17-18H,2,4-5,7-16H2,1,3H3/b23-6+. The number of benzene rings is 1. The van der Waals surface area contributed by atoms with Gasteiger partial charge in [0.2, 0.25) is 5.91 Å². The van der Waals surface area contributed by atoms with Gasteiger partial charge in [0.1, 0.15) is 5.76 Å². The van der Waals surface area contributed by atoms with Gasteiger partial charge in [0.25, 0.3) is 0 Å². The molecular formula is C26H35N3O3. The van der Waals surface area contributed by atoms with Gasteiger partial charge >= 0.3 is 0 Å². The number of aryl methyl sites for hydroxylation is 2. The van der Waals surface area contributed by atoms with Gasteiger partial charge < -0.3 is 14.5 Å². The zero-order valence-electron chi connectivity index (χ0n) is 19.5. The molecule has 0 saturated carbocycles. The molecule has 0 atom stereocenters. The highest BCUT2D eigenvalue weighted by Gasteiger charge is 2.30. The van der Waals surface area contributed by atoms with E-state index < -0.39 is 0 Å². The van der Waals surface area contributed by atoms with Crippen molar-refractivity contribution in [2.75, 3.05) is 51.3 Å². The summed E-state index contributed by atoms with van der Waals surface area (Å²) in [5.74, 6) is 1.15. The lowest BCUT2D eigenvalue weighted by Crippen LogP contribution is -2.46. The lowest BCUT2D eigenvalue weighted by molar-refractivity contribution is -0.119. The number of carbonyl (C=O) groups excluding carboxylic acids is 2. The zero-order chi connectivity index (χ0) is 22.7. The number of ether oxygens (including phenoxy) is 1. The first-order chi connectivity index (χ1) is 15.5. The quantitative estimate of drug-likeness (QED) is 0.354. The summed E-state index contributed by atoms with van der Waals surface area (Å²) in [4.78, 5) is 31.9. The molecule has 6 heteroatoms. The van der Waals surface area contributed by atoms with Crippen LogP contribution in [0.4, 0.5) is 5.69 Å². The van der Waals surface area contributed by atoms with Crippen molar-refractivity contribution in [3.63, 3.8) is 0 Å². The van der Waals surface area contributed by atoms with Crippen LogP contribution in [0.2, 0.25) is 0 Å². The maximum Gasteiger partial charge on any atom is 0.227 e. The Morgan fingerprint density at radius 3 is 2.50 bits per heavy atom. The van der Waals surface area contributed by atoms with Crippen LogP contribution in [-0.4, -0.2) is 67.9 Å². The van der Waals surface area contributed by atoms with E-state index in [9.17, 15) is 9.59 Å². The molecule has 1 aromatic rings. The fourth-order valence-corrected chi connectivity index (χ4v) is 5.15. The van der Waals surface area contributed by atoms with Crippen molar-refractivity contribution < 1.29 is 14.3 Å². The number of methoxy groups -OCH3 is 1. The monoisotopic (exact) mass is 437 g/mol. The Morgan fingerprint density at radius 2 is 1.81 bits per heavy atom. The number of allylic oxidation sites excluding steroid dienone is 1. The van der Waals surface area contributed by atoms with Crippen molar-refractivity contribution in [2.45, 2.75) is 45.4 Å². The summed E-state index contributed by atoms with van der Waals surface area (Å²) in [5.41, 5.74) is 5.34. The minimum absolute atomic E-state index is 0.208. The highest BCUT2D eigenvalue weighted by molar-refractivity contribution is 6.01.